The topological polar surface area (TPSA) is 52.7 Å². The first-order valence-electron chi connectivity index (χ1n) is 10.9. The van der Waals surface area contributed by atoms with Crippen molar-refractivity contribution in [2.24, 2.45) is 5.92 Å². The van der Waals surface area contributed by atoms with Gasteiger partial charge in [0.05, 0.1) is 6.04 Å². The highest BCUT2D eigenvalue weighted by Crippen LogP contribution is 2.32. The monoisotopic (exact) mass is 459 g/mol. The Morgan fingerprint density at radius 2 is 1.55 bits per heavy atom. The lowest BCUT2D eigenvalue weighted by Crippen LogP contribution is -2.56. The number of piperazine rings is 1. The summed E-state index contributed by atoms with van der Waals surface area (Å²) in [6.07, 6.45) is 4.46. The second-order valence-corrected chi connectivity index (χ2v) is 9.20. The molecule has 5 nitrogen and oxygen atoms in total. The smallest absolute Gasteiger partial charge is 0.253 e. The van der Waals surface area contributed by atoms with Gasteiger partial charge in [-0.25, -0.2) is 0 Å². The van der Waals surface area contributed by atoms with Crippen LogP contribution in [0, 0.1) is 5.92 Å². The van der Waals surface area contributed by atoms with Gasteiger partial charge in [0.25, 0.3) is 5.91 Å². The summed E-state index contributed by atoms with van der Waals surface area (Å²) in [5.41, 5.74) is 1.32. The van der Waals surface area contributed by atoms with E-state index in [0.717, 1.165) is 18.5 Å². The fraction of sp³-hybridized carbons (Fsp3) is 0.417. The number of nitrogens with one attached hydrogen (secondary N) is 1. The van der Waals surface area contributed by atoms with Crippen LogP contribution in [0.4, 0.5) is 5.69 Å². The number of anilines is 1. The molecule has 2 aromatic rings. The Hall–Kier alpha value is -2.08. The van der Waals surface area contributed by atoms with E-state index in [-0.39, 0.29) is 17.9 Å². The van der Waals surface area contributed by atoms with Gasteiger partial charge >= 0.3 is 0 Å². The van der Waals surface area contributed by atoms with Crippen molar-refractivity contribution < 1.29 is 9.59 Å². The van der Waals surface area contributed by atoms with Crippen molar-refractivity contribution in [3.05, 3.63) is 64.1 Å². The van der Waals surface area contributed by atoms with Gasteiger partial charge in [-0.1, -0.05) is 48.2 Å². The highest BCUT2D eigenvalue weighted by Gasteiger charge is 2.37. The predicted molar refractivity (Wildman–Crippen MR) is 125 cm³/mol. The van der Waals surface area contributed by atoms with Gasteiger partial charge in [-0.3, -0.25) is 14.5 Å². The molecule has 0 radical (unpaired) electrons. The molecule has 0 unspecified atom stereocenters. The van der Waals surface area contributed by atoms with E-state index in [1.807, 2.05) is 17.0 Å². The SMILES string of the molecule is O=C(Nc1cccc(Cl)c1)[C@H](C1CCCC1)N1CCN(C(=O)c2cccc(Cl)c2)CC1. The van der Waals surface area contributed by atoms with Gasteiger partial charge in [0.15, 0.2) is 0 Å². The minimum atomic E-state index is -0.190. The molecule has 1 atom stereocenters. The normalized spacial score (nSPS) is 18.7. The number of amides is 2. The molecule has 1 saturated heterocycles. The largest absolute Gasteiger partial charge is 0.336 e. The van der Waals surface area contributed by atoms with E-state index < -0.39 is 0 Å². The van der Waals surface area contributed by atoms with Crippen LogP contribution in [0.15, 0.2) is 48.5 Å². The maximum Gasteiger partial charge on any atom is 0.253 e. The summed E-state index contributed by atoms with van der Waals surface area (Å²) in [7, 11) is 0. The van der Waals surface area contributed by atoms with Gasteiger partial charge in [-0.15, -0.1) is 0 Å². The summed E-state index contributed by atoms with van der Waals surface area (Å²) in [6.45, 7) is 2.55. The van der Waals surface area contributed by atoms with Crippen LogP contribution in [-0.2, 0) is 4.79 Å². The Morgan fingerprint density at radius 3 is 2.19 bits per heavy atom. The average molecular weight is 460 g/mol. The minimum Gasteiger partial charge on any atom is -0.336 e. The van der Waals surface area contributed by atoms with Crippen molar-refractivity contribution in [1.82, 2.24) is 9.80 Å². The number of rotatable bonds is 5. The zero-order chi connectivity index (χ0) is 21.8. The first kappa shape index (κ1) is 22.1. The Bertz CT molecular complexity index is 938. The van der Waals surface area contributed by atoms with Crippen molar-refractivity contribution >= 4 is 40.7 Å². The van der Waals surface area contributed by atoms with Crippen molar-refractivity contribution in [2.75, 3.05) is 31.5 Å². The molecule has 1 saturated carbocycles. The highest BCUT2D eigenvalue weighted by atomic mass is 35.5. The van der Waals surface area contributed by atoms with E-state index in [1.165, 1.54) is 12.8 Å². The lowest BCUT2D eigenvalue weighted by molar-refractivity contribution is -0.123. The fourth-order valence-electron chi connectivity index (χ4n) is 4.74. The number of nitrogens with zero attached hydrogens (tertiary/aromatic N) is 2. The molecule has 31 heavy (non-hydrogen) atoms. The Morgan fingerprint density at radius 1 is 0.903 bits per heavy atom. The Kier molecular flexibility index (Phi) is 7.16. The molecule has 7 heteroatoms. The molecule has 1 heterocycles. The maximum absolute atomic E-state index is 13.3. The predicted octanol–water partition coefficient (Wildman–Crippen LogP) is 4.95. The average Bonchev–Trinajstić information content (AvgIpc) is 3.28. The van der Waals surface area contributed by atoms with Crippen molar-refractivity contribution in [3.8, 4) is 0 Å². The molecule has 2 aliphatic rings. The molecule has 2 fully saturated rings. The summed E-state index contributed by atoms with van der Waals surface area (Å²) in [6, 6.07) is 14.1. The van der Waals surface area contributed by atoms with Crippen molar-refractivity contribution in [1.29, 1.82) is 0 Å². The van der Waals surface area contributed by atoms with Crippen LogP contribution in [-0.4, -0.2) is 53.8 Å². The lowest BCUT2D eigenvalue weighted by atomic mass is 9.94. The minimum absolute atomic E-state index is 0.0112. The second-order valence-electron chi connectivity index (χ2n) is 8.33. The van der Waals surface area contributed by atoms with Crippen LogP contribution in [0.2, 0.25) is 10.0 Å². The quantitative estimate of drug-likeness (QED) is 0.687. The van der Waals surface area contributed by atoms with E-state index >= 15 is 0 Å². The van der Waals surface area contributed by atoms with Crippen LogP contribution in [0.25, 0.3) is 0 Å². The number of hydrogen-bond donors (Lipinski definition) is 1. The highest BCUT2D eigenvalue weighted by molar-refractivity contribution is 6.31. The lowest BCUT2D eigenvalue weighted by Gasteiger charge is -2.40. The summed E-state index contributed by atoms with van der Waals surface area (Å²) in [5, 5.41) is 4.22. The summed E-state index contributed by atoms with van der Waals surface area (Å²) in [4.78, 5) is 30.2. The Labute approximate surface area is 193 Å². The van der Waals surface area contributed by atoms with E-state index in [2.05, 4.69) is 10.2 Å². The van der Waals surface area contributed by atoms with E-state index in [9.17, 15) is 9.59 Å². The molecule has 1 aliphatic carbocycles. The van der Waals surface area contributed by atoms with Gasteiger partial charge in [0.2, 0.25) is 5.91 Å². The van der Waals surface area contributed by atoms with Crippen LogP contribution in [0.1, 0.15) is 36.0 Å². The first-order valence-corrected chi connectivity index (χ1v) is 11.6. The molecule has 4 rings (SSSR count). The third kappa shape index (κ3) is 5.40. The molecule has 0 spiro atoms. The van der Waals surface area contributed by atoms with E-state index in [0.29, 0.717) is 47.7 Å². The zero-order valence-electron chi connectivity index (χ0n) is 17.4. The van der Waals surface area contributed by atoms with Gasteiger partial charge in [0.1, 0.15) is 0 Å². The second kappa shape index (κ2) is 10.0. The van der Waals surface area contributed by atoms with Gasteiger partial charge in [0, 0.05) is 47.5 Å². The van der Waals surface area contributed by atoms with Gasteiger partial charge < -0.3 is 10.2 Å². The van der Waals surface area contributed by atoms with Crippen LogP contribution < -0.4 is 5.32 Å². The summed E-state index contributed by atoms with van der Waals surface area (Å²) >= 11 is 12.1. The van der Waals surface area contributed by atoms with E-state index in [4.69, 9.17) is 23.2 Å². The van der Waals surface area contributed by atoms with Crippen molar-refractivity contribution in [3.63, 3.8) is 0 Å². The Balaban J connectivity index is 1.43. The van der Waals surface area contributed by atoms with Crippen LogP contribution in [0.3, 0.4) is 0 Å². The standard InChI is InChI=1S/C24H27Cl2N3O2/c25-19-8-3-7-18(15-19)24(31)29-13-11-28(12-14-29)22(17-5-1-2-6-17)23(30)27-21-10-4-9-20(26)16-21/h3-4,7-10,15-17,22H,1-2,5-6,11-14H2,(H,27,30)/t22-/m0/s1. The third-order valence-corrected chi connectivity index (χ3v) is 6.74. The maximum atomic E-state index is 13.3. The molecule has 0 aromatic heterocycles. The molecule has 1 N–H and O–H groups in total. The molecular weight excluding hydrogens is 433 g/mol. The molecule has 2 aromatic carbocycles. The number of benzene rings is 2. The van der Waals surface area contributed by atoms with Gasteiger partial charge in [-0.05, 0) is 55.2 Å². The van der Waals surface area contributed by atoms with Crippen LogP contribution >= 0.6 is 23.2 Å². The third-order valence-electron chi connectivity index (χ3n) is 6.27. The molecule has 2 amide bonds. The molecule has 164 valence electrons. The summed E-state index contributed by atoms with van der Waals surface area (Å²) in [5.74, 6) is 0.348. The fourth-order valence-corrected chi connectivity index (χ4v) is 5.12. The molecule has 0 bridgehead atoms. The summed E-state index contributed by atoms with van der Waals surface area (Å²) < 4.78 is 0. The van der Waals surface area contributed by atoms with Gasteiger partial charge in [-0.2, -0.15) is 0 Å². The molecule has 1 aliphatic heterocycles. The first-order chi connectivity index (χ1) is 15.0. The van der Waals surface area contributed by atoms with Crippen LogP contribution in [0.5, 0.6) is 0 Å². The number of hydrogen-bond acceptors (Lipinski definition) is 3. The number of halogens is 2. The van der Waals surface area contributed by atoms with Crippen molar-refractivity contribution in [2.45, 2.75) is 31.7 Å². The zero-order valence-corrected chi connectivity index (χ0v) is 18.9. The van der Waals surface area contributed by atoms with E-state index in [1.54, 1.807) is 36.4 Å². The molecular formula is C24H27Cl2N3O2. The number of carbonyl (C=O) groups is 2. The number of carbonyl (C=O) groups excluding carboxylic acids is 2.